The van der Waals surface area contributed by atoms with Gasteiger partial charge in [0.2, 0.25) is 10.0 Å². The van der Waals surface area contributed by atoms with Crippen LogP contribution in [0.15, 0.2) is 48.5 Å². The molecule has 0 spiro atoms. The molecule has 112 valence electrons. The fourth-order valence-electron chi connectivity index (χ4n) is 1.92. The first-order valence-electron chi connectivity index (χ1n) is 6.34. The van der Waals surface area contributed by atoms with Gasteiger partial charge < -0.3 is 4.74 Å². The molecule has 0 aliphatic heterocycles. The summed E-state index contributed by atoms with van der Waals surface area (Å²) in [6.07, 6.45) is 0. The van der Waals surface area contributed by atoms with E-state index in [4.69, 9.17) is 16.3 Å². The predicted octanol–water partition coefficient (Wildman–Crippen LogP) is 2.97. The molecule has 0 aliphatic carbocycles. The third kappa shape index (κ3) is 4.74. The second-order valence-corrected chi connectivity index (χ2v) is 6.77. The van der Waals surface area contributed by atoms with E-state index in [0.29, 0.717) is 16.3 Å². The van der Waals surface area contributed by atoms with Crippen LogP contribution >= 0.6 is 11.6 Å². The van der Waals surface area contributed by atoms with E-state index in [2.05, 4.69) is 4.72 Å². The minimum Gasteiger partial charge on any atom is -0.496 e. The topological polar surface area (TPSA) is 55.4 Å². The highest BCUT2D eigenvalue weighted by molar-refractivity contribution is 7.88. The van der Waals surface area contributed by atoms with Crippen LogP contribution in [0.25, 0.3) is 0 Å². The van der Waals surface area contributed by atoms with Crippen LogP contribution in [0.2, 0.25) is 5.02 Å². The molecule has 0 amide bonds. The minimum atomic E-state index is -3.42. The van der Waals surface area contributed by atoms with Crippen LogP contribution in [0.5, 0.6) is 5.75 Å². The Bertz CT molecular complexity index is 702. The summed E-state index contributed by atoms with van der Waals surface area (Å²) in [6, 6.07) is 14.1. The molecule has 0 bridgehead atoms. The Balaban J connectivity index is 2.07. The summed E-state index contributed by atoms with van der Waals surface area (Å²) >= 11 is 5.92. The number of hydrogen-bond acceptors (Lipinski definition) is 3. The fraction of sp³-hybridized carbons (Fsp3) is 0.200. The second kappa shape index (κ2) is 6.93. The highest BCUT2D eigenvalue weighted by Crippen LogP contribution is 2.22. The molecule has 6 heteroatoms. The monoisotopic (exact) mass is 325 g/mol. The van der Waals surface area contributed by atoms with Crippen molar-refractivity contribution in [2.75, 3.05) is 7.11 Å². The smallest absolute Gasteiger partial charge is 0.216 e. The van der Waals surface area contributed by atoms with Gasteiger partial charge >= 0.3 is 0 Å². The van der Waals surface area contributed by atoms with Crippen molar-refractivity contribution in [3.05, 3.63) is 64.7 Å². The van der Waals surface area contributed by atoms with E-state index < -0.39 is 10.0 Å². The Labute approximate surface area is 129 Å². The number of sulfonamides is 1. The molecule has 0 saturated carbocycles. The lowest BCUT2D eigenvalue weighted by Gasteiger charge is -2.11. The zero-order valence-corrected chi connectivity index (χ0v) is 13.1. The zero-order chi connectivity index (χ0) is 15.3. The van der Waals surface area contributed by atoms with Crippen LogP contribution in [-0.2, 0) is 22.3 Å². The molecule has 0 unspecified atom stereocenters. The third-order valence-corrected chi connectivity index (χ3v) is 4.46. The highest BCUT2D eigenvalue weighted by Gasteiger charge is 2.13. The van der Waals surface area contributed by atoms with E-state index in [1.807, 2.05) is 18.2 Å². The van der Waals surface area contributed by atoms with Crippen molar-refractivity contribution in [3.8, 4) is 5.75 Å². The van der Waals surface area contributed by atoms with Crippen molar-refractivity contribution in [2.24, 2.45) is 0 Å². The van der Waals surface area contributed by atoms with Crippen molar-refractivity contribution < 1.29 is 13.2 Å². The van der Waals surface area contributed by atoms with Gasteiger partial charge in [0, 0.05) is 17.1 Å². The first-order chi connectivity index (χ1) is 10.00. The SMILES string of the molecule is COc1ccc(Cl)cc1CNS(=O)(=O)Cc1ccccc1. The first kappa shape index (κ1) is 15.8. The summed E-state index contributed by atoms with van der Waals surface area (Å²) in [5.41, 5.74) is 1.43. The quantitative estimate of drug-likeness (QED) is 0.888. The Hall–Kier alpha value is -1.56. The van der Waals surface area contributed by atoms with Crippen LogP contribution in [0.4, 0.5) is 0 Å². The van der Waals surface area contributed by atoms with Crippen molar-refractivity contribution in [1.82, 2.24) is 4.72 Å². The summed E-state index contributed by atoms with van der Waals surface area (Å²) < 4.78 is 31.9. The van der Waals surface area contributed by atoms with E-state index in [0.717, 1.165) is 5.56 Å². The number of ether oxygens (including phenoxy) is 1. The Kier molecular flexibility index (Phi) is 5.22. The number of rotatable bonds is 6. The normalized spacial score (nSPS) is 11.3. The Morgan fingerprint density at radius 2 is 1.86 bits per heavy atom. The molecule has 1 N–H and O–H groups in total. The maximum Gasteiger partial charge on any atom is 0.216 e. The van der Waals surface area contributed by atoms with Gasteiger partial charge in [0.25, 0.3) is 0 Å². The molecule has 0 saturated heterocycles. The molecule has 0 aromatic heterocycles. The van der Waals surface area contributed by atoms with Crippen LogP contribution in [-0.4, -0.2) is 15.5 Å². The largest absolute Gasteiger partial charge is 0.496 e. The summed E-state index contributed by atoms with van der Waals surface area (Å²) in [7, 11) is -1.89. The number of hydrogen-bond donors (Lipinski definition) is 1. The molecule has 0 fully saturated rings. The average molecular weight is 326 g/mol. The molecule has 0 radical (unpaired) electrons. The van der Waals surface area contributed by atoms with Crippen LogP contribution in [0.1, 0.15) is 11.1 Å². The van der Waals surface area contributed by atoms with Crippen molar-refractivity contribution in [2.45, 2.75) is 12.3 Å². The molecular weight excluding hydrogens is 310 g/mol. The van der Waals surface area contributed by atoms with E-state index >= 15 is 0 Å². The lowest BCUT2D eigenvalue weighted by atomic mass is 10.2. The highest BCUT2D eigenvalue weighted by atomic mass is 35.5. The zero-order valence-electron chi connectivity index (χ0n) is 11.5. The third-order valence-electron chi connectivity index (χ3n) is 2.92. The standard InChI is InChI=1S/C15H16ClNO3S/c1-20-15-8-7-14(16)9-13(15)10-17-21(18,19)11-12-5-3-2-4-6-12/h2-9,17H,10-11H2,1H3. The Morgan fingerprint density at radius 1 is 1.14 bits per heavy atom. The van der Waals surface area contributed by atoms with Gasteiger partial charge in [-0.3, -0.25) is 0 Å². The van der Waals surface area contributed by atoms with E-state index in [1.165, 1.54) is 7.11 Å². The van der Waals surface area contributed by atoms with Gasteiger partial charge in [-0.2, -0.15) is 0 Å². The van der Waals surface area contributed by atoms with Crippen molar-refractivity contribution in [3.63, 3.8) is 0 Å². The number of nitrogens with one attached hydrogen (secondary N) is 1. The summed E-state index contributed by atoms with van der Waals surface area (Å²) in [5.74, 6) is 0.540. The van der Waals surface area contributed by atoms with Gasteiger partial charge in [0.1, 0.15) is 5.75 Å². The van der Waals surface area contributed by atoms with Gasteiger partial charge in [-0.1, -0.05) is 41.9 Å². The van der Waals surface area contributed by atoms with Gasteiger partial charge in [0.15, 0.2) is 0 Å². The lowest BCUT2D eigenvalue weighted by molar-refractivity contribution is 0.409. The molecule has 2 rings (SSSR count). The van der Waals surface area contributed by atoms with E-state index in [-0.39, 0.29) is 12.3 Å². The van der Waals surface area contributed by atoms with Gasteiger partial charge in [-0.25, -0.2) is 13.1 Å². The molecule has 0 atom stereocenters. The minimum absolute atomic E-state index is 0.0588. The summed E-state index contributed by atoms with van der Waals surface area (Å²) in [5, 5.41) is 0.535. The lowest BCUT2D eigenvalue weighted by Crippen LogP contribution is -2.24. The number of benzene rings is 2. The van der Waals surface area contributed by atoms with Crippen LogP contribution in [0.3, 0.4) is 0 Å². The predicted molar refractivity (Wildman–Crippen MR) is 83.9 cm³/mol. The van der Waals surface area contributed by atoms with Gasteiger partial charge in [-0.15, -0.1) is 0 Å². The first-order valence-corrected chi connectivity index (χ1v) is 8.37. The molecule has 21 heavy (non-hydrogen) atoms. The molecular formula is C15H16ClNO3S. The fourth-order valence-corrected chi connectivity index (χ4v) is 3.22. The number of methoxy groups -OCH3 is 1. The Morgan fingerprint density at radius 3 is 2.52 bits per heavy atom. The number of halogens is 1. The second-order valence-electron chi connectivity index (χ2n) is 4.52. The molecule has 0 aliphatic rings. The molecule has 2 aromatic carbocycles. The maximum atomic E-state index is 12.1. The maximum absolute atomic E-state index is 12.1. The van der Waals surface area contributed by atoms with E-state index in [9.17, 15) is 8.42 Å². The van der Waals surface area contributed by atoms with Crippen LogP contribution < -0.4 is 9.46 Å². The summed E-state index contributed by atoms with van der Waals surface area (Å²) in [4.78, 5) is 0. The summed E-state index contributed by atoms with van der Waals surface area (Å²) in [6.45, 7) is 0.138. The van der Waals surface area contributed by atoms with E-state index in [1.54, 1.807) is 30.3 Å². The van der Waals surface area contributed by atoms with Crippen LogP contribution in [0, 0.1) is 0 Å². The van der Waals surface area contributed by atoms with Gasteiger partial charge in [0.05, 0.1) is 12.9 Å². The molecule has 0 heterocycles. The van der Waals surface area contributed by atoms with Gasteiger partial charge in [-0.05, 0) is 23.8 Å². The molecule has 4 nitrogen and oxygen atoms in total. The average Bonchev–Trinajstić information content (AvgIpc) is 2.46. The molecule has 2 aromatic rings. The van der Waals surface area contributed by atoms with Crippen molar-refractivity contribution >= 4 is 21.6 Å². The van der Waals surface area contributed by atoms with Crippen molar-refractivity contribution in [1.29, 1.82) is 0 Å².